The van der Waals surface area contributed by atoms with Gasteiger partial charge in [0.15, 0.2) is 0 Å². The van der Waals surface area contributed by atoms with Crippen molar-refractivity contribution in [3.63, 3.8) is 0 Å². The summed E-state index contributed by atoms with van der Waals surface area (Å²) in [6, 6.07) is 5.64. The van der Waals surface area contributed by atoms with Crippen molar-refractivity contribution in [3.05, 3.63) is 34.3 Å². The zero-order chi connectivity index (χ0) is 14.4. The van der Waals surface area contributed by atoms with Gasteiger partial charge in [-0.2, -0.15) is 0 Å². The van der Waals surface area contributed by atoms with Crippen LogP contribution in [0.4, 0.5) is 0 Å². The number of rotatable bonds is 6. The molecule has 0 unspecified atom stereocenters. The van der Waals surface area contributed by atoms with E-state index >= 15 is 0 Å². The number of alkyl halides is 1. The molecule has 0 aliphatic carbocycles. The molecule has 4 heteroatoms. The molecule has 1 rings (SSSR count). The highest BCUT2D eigenvalue weighted by atomic mass is 35.5. The molecule has 0 aliphatic heterocycles. The van der Waals surface area contributed by atoms with E-state index in [9.17, 15) is 4.79 Å². The van der Waals surface area contributed by atoms with Gasteiger partial charge < -0.3 is 4.90 Å². The van der Waals surface area contributed by atoms with Crippen molar-refractivity contribution in [2.75, 3.05) is 12.4 Å². The summed E-state index contributed by atoms with van der Waals surface area (Å²) in [7, 11) is 0. The highest BCUT2D eigenvalue weighted by Crippen LogP contribution is 2.20. The van der Waals surface area contributed by atoms with Crippen LogP contribution in [0.25, 0.3) is 0 Å². The monoisotopic (exact) mass is 301 g/mol. The van der Waals surface area contributed by atoms with Gasteiger partial charge in [-0.25, -0.2) is 0 Å². The smallest absolute Gasteiger partial charge is 0.254 e. The molecule has 0 atom stereocenters. The Morgan fingerprint density at radius 1 is 1.32 bits per heavy atom. The quantitative estimate of drug-likeness (QED) is 0.708. The summed E-state index contributed by atoms with van der Waals surface area (Å²) < 4.78 is 0. The summed E-state index contributed by atoms with van der Waals surface area (Å²) in [6.45, 7) is 6.68. The van der Waals surface area contributed by atoms with Crippen LogP contribution in [0.5, 0.6) is 0 Å². The van der Waals surface area contributed by atoms with Crippen molar-refractivity contribution < 1.29 is 4.79 Å². The first-order valence-electron chi connectivity index (χ1n) is 6.68. The normalized spacial score (nSPS) is 10.8. The molecule has 0 spiro atoms. The minimum Gasteiger partial charge on any atom is -0.334 e. The standard InChI is InChI=1S/C15H21Cl2NO/c1-4-13(5-2)18(9-8-16)15(19)14-10-12(17)7-6-11(14)3/h6-7,10,13H,4-5,8-9H2,1-3H3. The van der Waals surface area contributed by atoms with E-state index < -0.39 is 0 Å². The Hall–Kier alpha value is -0.730. The van der Waals surface area contributed by atoms with Crippen LogP contribution in [0.15, 0.2) is 18.2 Å². The van der Waals surface area contributed by atoms with E-state index in [1.165, 1.54) is 0 Å². The number of benzene rings is 1. The van der Waals surface area contributed by atoms with Crippen molar-refractivity contribution >= 4 is 29.1 Å². The molecular formula is C15H21Cl2NO. The third kappa shape index (κ3) is 4.12. The van der Waals surface area contributed by atoms with E-state index in [1.54, 1.807) is 12.1 Å². The molecule has 19 heavy (non-hydrogen) atoms. The molecule has 0 saturated carbocycles. The van der Waals surface area contributed by atoms with Gasteiger partial charge in [-0.15, -0.1) is 11.6 Å². The Morgan fingerprint density at radius 2 is 1.95 bits per heavy atom. The molecular weight excluding hydrogens is 281 g/mol. The first-order chi connectivity index (χ1) is 9.04. The van der Waals surface area contributed by atoms with Gasteiger partial charge in [0, 0.05) is 29.1 Å². The van der Waals surface area contributed by atoms with Crippen LogP contribution in [-0.2, 0) is 0 Å². The lowest BCUT2D eigenvalue weighted by Crippen LogP contribution is -2.41. The van der Waals surface area contributed by atoms with Crippen molar-refractivity contribution in [3.8, 4) is 0 Å². The lowest BCUT2D eigenvalue weighted by molar-refractivity contribution is 0.0681. The molecule has 2 nitrogen and oxygen atoms in total. The topological polar surface area (TPSA) is 20.3 Å². The fourth-order valence-electron chi connectivity index (χ4n) is 2.25. The first kappa shape index (κ1) is 16.3. The predicted molar refractivity (Wildman–Crippen MR) is 82.3 cm³/mol. The highest BCUT2D eigenvalue weighted by molar-refractivity contribution is 6.31. The van der Waals surface area contributed by atoms with Gasteiger partial charge in [0.05, 0.1) is 0 Å². The van der Waals surface area contributed by atoms with Crippen molar-refractivity contribution in [1.29, 1.82) is 0 Å². The van der Waals surface area contributed by atoms with Gasteiger partial charge in [0.2, 0.25) is 0 Å². The first-order valence-corrected chi connectivity index (χ1v) is 7.59. The fourth-order valence-corrected chi connectivity index (χ4v) is 2.60. The third-order valence-corrected chi connectivity index (χ3v) is 3.80. The molecule has 0 aliphatic rings. The summed E-state index contributed by atoms with van der Waals surface area (Å²) in [5, 5.41) is 0.587. The van der Waals surface area contributed by atoms with Crippen LogP contribution in [0.2, 0.25) is 5.02 Å². The van der Waals surface area contributed by atoms with Gasteiger partial charge in [-0.1, -0.05) is 31.5 Å². The largest absolute Gasteiger partial charge is 0.334 e. The number of amides is 1. The lowest BCUT2D eigenvalue weighted by Gasteiger charge is -2.30. The Kier molecular flexibility index (Phi) is 6.67. The van der Waals surface area contributed by atoms with Gasteiger partial charge in [0.1, 0.15) is 0 Å². The number of hydrogen-bond acceptors (Lipinski definition) is 1. The minimum atomic E-state index is 0.0225. The number of carbonyl (C=O) groups is 1. The number of halogens is 2. The number of hydrogen-bond donors (Lipinski definition) is 0. The van der Waals surface area contributed by atoms with E-state index in [1.807, 2.05) is 17.9 Å². The minimum absolute atomic E-state index is 0.0225. The summed E-state index contributed by atoms with van der Waals surface area (Å²) >= 11 is 11.8. The molecule has 106 valence electrons. The van der Waals surface area contributed by atoms with Crippen LogP contribution < -0.4 is 0 Å². The second-order valence-corrected chi connectivity index (χ2v) is 5.43. The second kappa shape index (κ2) is 7.76. The average molecular weight is 302 g/mol. The molecule has 0 bridgehead atoms. The molecule has 0 N–H and O–H groups in total. The van der Waals surface area contributed by atoms with E-state index in [2.05, 4.69) is 13.8 Å². The van der Waals surface area contributed by atoms with E-state index in [4.69, 9.17) is 23.2 Å². The van der Waals surface area contributed by atoms with Gasteiger partial charge >= 0.3 is 0 Å². The molecule has 1 aromatic rings. The van der Waals surface area contributed by atoms with Crippen LogP contribution in [0.1, 0.15) is 42.6 Å². The summed E-state index contributed by atoms with van der Waals surface area (Å²) in [6.07, 6.45) is 1.86. The molecule has 1 aromatic carbocycles. The second-order valence-electron chi connectivity index (χ2n) is 4.62. The molecule has 0 fully saturated rings. The van der Waals surface area contributed by atoms with Crippen molar-refractivity contribution in [2.45, 2.75) is 39.7 Å². The highest BCUT2D eigenvalue weighted by Gasteiger charge is 2.23. The SMILES string of the molecule is CCC(CC)N(CCCl)C(=O)c1cc(Cl)ccc1C. The number of aryl methyl sites for hydroxylation is 1. The molecule has 0 heterocycles. The van der Waals surface area contributed by atoms with Gasteiger partial charge in [-0.3, -0.25) is 4.79 Å². The third-order valence-electron chi connectivity index (χ3n) is 3.40. The maximum Gasteiger partial charge on any atom is 0.254 e. The van der Waals surface area contributed by atoms with Crippen molar-refractivity contribution in [1.82, 2.24) is 4.90 Å². The van der Waals surface area contributed by atoms with Crippen LogP contribution >= 0.6 is 23.2 Å². The zero-order valence-electron chi connectivity index (χ0n) is 11.7. The number of carbonyl (C=O) groups excluding carboxylic acids is 1. The molecule has 0 radical (unpaired) electrons. The Bertz CT molecular complexity index is 430. The summed E-state index contributed by atoms with van der Waals surface area (Å²) in [5.74, 6) is 0.469. The van der Waals surface area contributed by atoms with E-state index in [0.29, 0.717) is 23.0 Å². The van der Waals surface area contributed by atoms with Crippen LogP contribution in [0.3, 0.4) is 0 Å². The Labute approximate surface area is 125 Å². The average Bonchev–Trinajstić information content (AvgIpc) is 2.41. The van der Waals surface area contributed by atoms with E-state index in [0.717, 1.165) is 18.4 Å². The van der Waals surface area contributed by atoms with Gasteiger partial charge in [0.25, 0.3) is 5.91 Å². The summed E-state index contributed by atoms with van der Waals surface area (Å²) in [4.78, 5) is 14.5. The Morgan fingerprint density at radius 3 is 2.47 bits per heavy atom. The Balaban J connectivity index is 3.08. The zero-order valence-corrected chi connectivity index (χ0v) is 13.3. The van der Waals surface area contributed by atoms with Crippen molar-refractivity contribution in [2.24, 2.45) is 0 Å². The van der Waals surface area contributed by atoms with Crippen LogP contribution in [0, 0.1) is 6.92 Å². The number of nitrogens with zero attached hydrogens (tertiary/aromatic N) is 1. The molecule has 0 aromatic heterocycles. The predicted octanol–water partition coefficient (Wildman–Crippen LogP) is 4.52. The molecule has 1 amide bonds. The van der Waals surface area contributed by atoms with E-state index in [-0.39, 0.29) is 11.9 Å². The van der Waals surface area contributed by atoms with Crippen LogP contribution in [-0.4, -0.2) is 29.3 Å². The fraction of sp³-hybridized carbons (Fsp3) is 0.533. The maximum atomic E-state index is 12.7. The summed E-state index contributed by atoms with van der Waals surface area (Å²) in [5.41, 5.74) is 1.62. The lowest BCUT2D eigenvalue weighted by atomic mass is 10.0. The van der Waals surface area contributed by atoms with Gasteiger partial charge in [-0.05, 0) is 37.5 Å². The molecule has 0 saturated heterocycles. The maximum absolute atomic E-state index is 12.7.